The first-order valence-electron chi connectivity index (χ1n) is 28.6. The molecule has 0 aliphatic heterocycles. The topological polar surface area (TPSA) is 294 Å². The minimum Gasteiger partial charge on any atom is -0.504 e. The molecule has 8 aromatic carbocycles. The van der Waals surface area contributed by atoms with Crippen molar-refractivity contribution >= 4 is 88.9 Å². The monoisotopic (exact) mass is 1190 g/mol. The van der Waals surface area contributed by atoms with Crippen LogP contribution in [-0.4, -0.2) is 51.4 Å². The van der Waals surface area contributed by atoms with E-state index in [2.05, 4.69) is 12.1 Å². The summed E-state index contributed by atoms with van der Waals surface area (Å²) in [6.45, 7) is 30.0. The van der Waals surface area contributed by atoms with E-state index in [0.717, 1.165) is 22.3 Å². The summed E-state index contributed by atoms with van der Waals surface area (Å²) in [7, 11) is 1.20. The number of fused-ring (bicyclic) bond motifs is 2. The van der Waals surface area contributed by atoms with Crippen molar-refractivity contribution in [1.29, 1.82) is 10.5 Å². The first-order valence-corrected chi connectivity index (χ1v) is 28.6. The highest BCUT2D eigenvalue weighted by atomic mass is 16.6. The molecular formula is C70H66N2O16. The smallest absolute Gasteiger partial charge is 0.343 e. The largest absolute Gasteiger partial charge is 0.504 e. The Balaban J connectivity index is 0.000000216. The molecule has 88 heavy (non-hydrogen) atoms. The van der Waals surface area contributed by atoms with Gasteiger partial charge in [-0.05, 0) is 131 Å². The molecule has 0 amide bonds. The highest BCUT2D eigenvalue weighted by molar-refractivity contribution is 6.18. The molecule has 0 bridgehead atoms. The lowest BCUT2D eigenvalue weighted by Crippen LogP contribution is -2.28. The number of nitriles is 2. The number of phenols is 2. The van der Waals surface area contributed by atoms with Crippen molar-refractivity contribution in [1.82, 2.24) is 0 Å². The van der Waals surface area contributed by atoms with Crippen LogP contribution < -0.4 is 25.1 Å². The maximum absolute atomic E-state index is 13.3. The van der Waals surface area contributed by atoms with Crippen LogP contribution in [0.3, 0.4) is 0 Å². The number of methoxy groups -OCH3 is 1. The fourth-order valence-corrected chi connectivity index (χ4v) is 13.3. The summed E-state index contributed by atoms with van der Waals surface area (Å²) >= 11 is 0. The third-order valence-corrected chi connectivity index (χ3v) is 16.4. The van der Waals surface area contributed by atoms with Gasteiger partial charge in [0, 0.05) is 75.0 Å². The number of benzene rings is 8. The molecule has 0 aliphatic carbocycles. The van der Waals surface area contributed by atoms with E-state index in [9.17, 15) is 59.7 Å². The number of esters is 4. The lowest BCUT2D eigenvalue weighted by Gasteiger charge is -2.26. The molecule has 0 unspecified atom stereocenters. The van der Waals surface area contributed by atoms with Crippen LogP contribution in [-0.2, 0) is 19.1 Å². The number of carbonyl (C=O) groups is 4. The molecule has 2 heterocycles. The maximum Gasteiger partial charge on any atom is 0.343 e. The van der Waals surface area contributed by atoms with Gasteiger partial charge in [0.15, 0.2) is 28.7 Å². The van der Waals surface area contributed by atoms with Crippen LogP contribution in [0, 0.1) is 74.6 Å². The molecule has 10 aromatic rings. The number of carbonyl (C=O) groups excluding carboxylic acids is 4. The Morgan fingerprint density at radius 3 is 1.27 bits per heavy atom. The maximum atomic E-state index is 13.3. The van der Waals surface area contributed by atoms with Crippen LogP contribution in [0.15, 0.2) is 42.7 Å². The number of aromatic hydroxyl groups is 4. The standard InChI is InChI=1S/C40H40N2O8.C30H26O8/c1-17(2)30-26-13-19(5)32(21(7)34(26)28(15-41)36(40(46)47-12)38(30)49-24(10)44)33-20(6)14-27-31(18(3)4)39(50-25(11)45)37(48-23(9)43)29(16-42)35(27)22(33)8;1-9(2)15-13-7-11(5)17(27-19(13)21(29(35)37-27)25(33)23(15)31)18-12(6)8-14-16(10(3)4)24(32)26(34)22-20(14)28(18)38-30(22)36/h13-14,17-18H,1-12H3;7-10,31,33,35-36H,1-6H3. The number of furan rings is 2. The molecule has 0 aliphatic rings. The van der Waals surface area contributed by atoms with Crippen molar-refractivity contribution in [2.45, 2.75) is 141 Å². The number of rotatable bonds is 9. The van der Waals surface area contributed by atoms with Gasteiger partial charge >= 0.3 is 23.9 Å². The Morgan fingerprint density at radius 2 is 0.841 bits per heavy atom. The fraction of sp³-hybridized carbons (Fsp3) is 0.314. The summed E-state index contributed by atoms with van der Waals surface area (Å²) in [5.41, 5.74) is 6.91. The van der Waals surface area contributed by atoms with Gasteiger partial charge in [0.25, 0.3) is 11.9 Å². The number of hydrogen-bond donors (Lipinski definition) is 4. The van der Waals surface area contributed by atoms with Crippen LogP contribution in [0.1, 0.15) is 177 Å². The van der Waals surface area contributed by atoms with Gasteiger partial charge in [-0.15, -0.1) is 0 Å². The Labute approximate surface area is 504 Å². The van der Waals surface area contributed by atoms with Gasteiger partial charge in [-0.25, -0.2) is 4.79 Å². The minimum absolute atomic E-state index is 0.00493. The van der Waals surface area contributed by atoms with Gasteiger partial charge in [0.05, 0.1) is 12.7 Å². The van der Waals surface area contributed by atoms with Crippen LogP contribution in [0.25, 0.3) is 76.2 Å². The van der Waals surface area contributed by atoms with Crippen molar-refractivity contribution < 1.29 is 67.4 Å². The predicted octanol–water partition coefficient (Wildman–Crippen LogP) is 14.5. The average Bonchev–Trinajstić information content (AvgIpc) is 1.68. The molecule has 0 radical (unpaired) electrons. The second-order valence-corrected chi connectivity index (χ2v) is 23.7. The number of hydrogen-bond acceptors (Lipinski definition) is 18. The van der Waals surface area contributed by atoms with Crippen LogP contribution >= 0.6 is 0 Å². The van der Waals surface area contributed by atoms with Gasteiger partial charge in [0.2, 0.25) is 10.9 Å². The summed E-state index contributed by atoms with van der Waals surface area (Å²) in [6.07, 6.45) is 0. The number of aryl methyl sites for hydroxylation is 6. The van der Waals surface area contributed by atoms with Crippen molar-refractivity contribution in [3.8, 4) is 63.9 Å². The van der Waals surface area contributed by atoms with Gasteiger partial charge < -0.3 is 48.2 Å². The van der Waals surface area contributed by atoms with E-state index >= 15 is 0 Å². The van der Waals surface area contributed by atoms with Crippen LogP contribution in [0.4, 0.5) is 0 Å². The van der Waals surface area contributed by atoms with E-state index in [1.165, 1.54) is 27.9 Å². The molecular weight excluding hydrogens is 1120 g/mol. The van der Waals surface area contributed by atoms with E-state index in [0.29, 0.717) is 98.0 Å². The van der Waals surface area contributed by atoms with E-state index in [4.69, 9.17) is 27.8 Å². The summed E-state index contributed by atoms with van der Waals surface area (Å²) in [5, 5.41) is 69.3. The molecule has 0 saturated carbocycles. The lowest BCUT2D eigenvalue weighted by atomic mass is 9.79. The van der Waals surface area contributed by atoms with Crippen LogP contribution in [0.5, 0.6) is 40.6 Å². The quantitative estimate of drug-likeness (QED) is 0.0452. The van der Waals surface area contributed by atoms with E-state index in [1.807, 2.05) is 115 Å². The molecule has 0 atom stereocenters. The van der Waals surface area contributed by atoms with E-state index in [1.54, 1.807) is 6.07 Å². The Bertz CT molecular complexity index is 5060. The van der Waals surface area contributed by atoms with Crippen molar-refractivity contribution in [2.24, 2.45) is 0 Å². The Kier molecular flexibility index (Phi) is 16.0. The Morgan fingerprint density at radius 1 is 0.466 bits per heavy atom. The Hall–Kier alpha value is -10.2. The third-order valence-electron chi connectivity index (χ3n) is 16.4. The highest BCUT2D eigenvalue weighted by Gasteiger charge is 2.34. The van der Waals surface area contributed by atoms with Crippen molar-refractivity contribution in [3.05, 3.63) is 127 Å². The van der Waals surface area contributed by atoms with Gasteiger partial charge in [-0.2, -0.15) is 10.5 Å². The van der Waals surface area contributed by atoms with Crippen molar-refractivity contribution in [3.63, 3.8) is 0 Å². The summed E-state index contributed by atoms with van der Waals surface area (Å²) in [6, 6.07) is 11.9. The summed E-state index contributed by atoms with van der Waals surface area (Å²) < 4.78 is 33.6. The highest BCUT2D eigenvalue weighted by Crippen LogP contribution is 2.54. The lowest BCUT2D eigenvalue weighted by molar-refractivity contribution is -0.134. The first-order chi connectivity index (χ1) is 41.3. The molecule has 452 valence electrons. The van der Waals surface area contributed by atoms with Gasteiger partial charge in [-0.3, -0.25) is 24.0 Å². The average molecular weight is 1190 g/mol. The molecule has 0 spiro atoms. The molecule has 0 saturated heterocycles. The van der Waals surface area contributed by atoms with Gasteiger partial charge in [0.1, 0.15) is 45.2 Å². The van der Waals surface area contributed by atoms with E-state index < -0.39 is 52.4 Å². The zero-order valence-corrected chi connectivity index (χ0v) is 52.2. The normalized spacial score (nSPS) is 12.1. The fourth-order valence-electron chi connectivity index (χ4n) is 13.3. The SMILES string of the molecule is COC(=O)c1c(OC(C)=O)c(C(C)C)c2cc(C)c(-c3c(C)cc4c(C(C)C)c(OC(C)=O)c(OC(C)=O)c(C#N)c4c3C)c(C)c2c1C#N.Cc1cc2c(C(C)C)c(O)c(O)c3c(O)oc(c1=c1c(C)cc4c(C(C)C)c(=O)c(=O)c5c(O)oc1c45)c23. The van der Waals surface area contributed by atoms with Crippen LogP contribution in [0.2, 0.25) is 0 Å². The number of nitrogens with zero attached hydrogens (tertiary/aromatic N) is 2. The number of ether oxygens (including phenoxy) is 4. The second kappa shape index (κ2) is 22.6. The molecule has 18 heteroatoms. The third kappa shape index (κ3) is 9.45. The molecule has 18 nitrogen and oxygen atoms in total. The molecule has 2 aromatic heterocycles. The summed E-state index contributed by atoms with van der Waals surface area (Å²) in [5.74, 6) is -5.70. The zero-order valence-electron chi connectivity index (χ0n) is 52.2. The van der Waals surface area contributed by atoms with Gasteiger partial charge in [-0.1, -0.05) is 79.7 Å². The van der Waals surface area contributed by atoms with Crippen molar-refractivity contribution in [2.75, 3.05) is 7.11 Å². The summed E-state index contributed by atoms with van der Waals surface area (Å²) in [4.78, 5) is 76.1. The van der Waals surface area contributed by atoms with E-state index in [-0.39, 0.29) is 85.3 Å². The minimum atomic E-state index is -0.821. The predicted molar refractivity (Wildman–Crippen MR) is 333 cm³/mol. The second-order valence-electron chi connectivity index (χ2n) is 23.7. The zero-order chi connectivity index (χ0) is 65.0. The number of phenolic OH excluding ortho intramolecular Hbond substituents is 2. The molecule has 4 N–H and O–H groups in total. The first kappa shape index (κ1) is 62.3. The molecule has 0 fully saturated rings. The molecule has 10 rings (SSSR count).